The van der Waals surface area contributed by atoms with Crippen LogP contribution in [0.5, 0.6) is 5.75 Å². The van der Waals surface area contributed by atoms with Gasteiger partial charge in [0.1, 0.15) is 5.75 Å². The Labute approximate surface area is 162 Å². The monoisotopic (exact) mass is 382 g/mol. The molecule has 0 aliphatic heterocycles. The highest BCUT2D eigenvalue weighted by Crippen LogP contribution is 2.19. The van der Waals surface area contributed by atoms with Crippen molar-refractivity contribution in [3.8, 4) is 5.75 Å². The van der Waals surface area contributed by atoms with E-state index in [1.54, 1.807) is 6.21 Å². The number of hydrazone groups is 1. The van der Waals surface area contributed by atoms with Crippen LogP contribution in [0.3, 0.4) is 0 Å². The molecule has 1 amide bonds. The van der Waals surface area contributed by atoms with Gasteiger partial charge in [0.15, 0.2) is 5.16 Å². The van der Waals surface area contributed by atoms with Gasteiger partial charge in [-0.1, -0.05) is 49.9 Å². The molecule has 6 nitrogen and oxygen atoms in total. The topological polar surface area (TPSA) is 79.4 Å². The Kier molecular flexibility index (Phi) is 6.49. The smallest absolute Gasteiger partial charge is 0.250 e. The number of carbonyl (C=O) groups excluding carboxylic acids is 1. The molecule has 2 aromatic carbocycles. The number of aromatic nitrogens is 2. The summed E-state index contributed by atoms with van der Waals surface area (Å²) in [4.78, 5) is 19.6. The Balaban J connectivity index is 1.51. The number of aromatic amines is 1. The summed E-state index contributed by atoms with van der Waals surface area (Å²) < 4.78 is 5.77. The molecule has 0 bridgehead atoms. The summed E-state index contributed by atoms with van der Waals surface area (Å²) in [7, 11) is 0. The largest absolute Gasteiger partial charge is 0.493 e. The van der Waals surface area contributed by atoms with Crippen LogP contribution >= 0.6 is 11.8 Å². The summed E-state index contributed by atoms with van der Waals surface area (Å²) >= 11 is 1.34. The normalized spacial score (nSPS) is 11.4. The zero-order chi connectivity index (χ0) is 19.1. The average Bonchev–Trinajstić information content (AvgIpc) is 3.08. The van der Waals surface area contributed by atoms with Gasteiger partial charge in [0.2, 0.25) is 0 Å². The summed E-state index contributed by atoms with van der Waals surface area (Å²) in [6.07, 6.45) is 1.60. The number of hydrogen-bond acceptors (Lipinski definition) is 5. The highest BCUT2D eigenvalue weighted by molar-refractivity contribution is 7.99. The Morgan fingerprint density at radius 3 is 2.85 bits per heavy atom. The van der Waals surface area contributed by atoms with Gasteiger partial charge in [0.25, 0.3) is 5.91 Å². The van der Waals surface area contributed by atoms with Gasteiger partial charge in [-0.3, -0.25) is 4.79 Å². The summed E-state index contributed by atoms with van der Waals surface area (Å²) in [5.74, 6) is 1.21. The predicted molar refractivity (Wildman–Crippen MR) is 109 cm³/mol. The molecule has 1 aromatic heterocycles. The molecule has 0 unspecified atom stereocenters. The number of ether oxygens (including phenoxy) is 1. The molecular weight excluding hydrogens is 360 g/mol. The first kappa shape index (κ1) is 19.0. The fraction of sp³-hybridized carbons (Fsp3) is 0.250. The van der Waals surface area contributed by atoms with E-state index in [-0.39, 0.29) is 11.7 Å². The van der Waals surface area contributed by atoms with E-state index in [0.29, 0.717) is 17.7 Å². The second kappa shape index (κ2) is 9.23. The van der Waals surface area contributed by atoms with E-state index in [9.17, 15) is 4.79 Å². The van der Waals surface area contributed by atoms with Crippen LogP contribution in [0.4, 0.5) is 0 Å². The summed E-state index contributed by atoms with van der Waals surface area (Å²) in [6, 6.07) is 15.4. The third-order valence-corrected chi connectivity index (χ3v) is 4.47. The highest BCUT2D eigenvalue weighted by Gasteiger charge is 2.06. The Morgan fingerprint density at radius 2 is 2.04 bits per heavy atom. The zero-order valence-electron chi connectivity index (χ0n) is 15.3. The fourth-order valence-corrected chi connectivity index (χ4v) is 2.99. The summed E-state index contributed by atoms with van der Waals surface area (Å²) in [5, 5.41) is 4.75. The molecule has 27 heavy (non-hydrogen) atoms. The molecule has 1 heterocycles. The molecule has 3 rings (SSSR count). The van der Waals surface area contributed by atoms with Crippen molar-refractivity contribution in [2.24, 2.45) is 11.0 Å². The Morgan fingerprint density at radius 1 is 1.26 bits per heavy atom. The molecule has 0 aliphatic rings. The van der Waals surface area contributed by atoms with Crippen LogP contribution in [0, 0.1) is 5.92 Å². The van der Waals surface area contributed by atoms with Gasteiger partial charge in [-0.25, -0.2) is 10.4 Å². The number of rotatable bonds is 8. The first-order chi connectivity index (χ1) is 13.1. The van der Waals surface area contributed by atoms with Crippen molar-refractivity contribution in [3.05, 3.63) is 54.1 Å². The predicted octanol–water partition coefficient (Wildman–Crippen LogP) is 3.84. The van der Waals surface area contributed by atoms with Gasteiger partial charge in [0.05, 0.1) is 29.6 Å². The van der Waals surface area contributed by atoms with Crippen molar-refractivity contribution in [3.63, 3.8) is 0 Å². The minimum Gasteiger partial charge on any atom is -0.493 e. The number of benzene rings is 2. The maximum atomic E-state index is 12.0. The lowest BCUT2D eigenvalue weighted by molar-refractivity contribution is -0.118. The molecule has 7 heteroatoms. The summed E-state index contributed by atoms with van der Waals surface area (Å²) in [5.41, 5.74) is 5.20. The van der Waals surface area contributed by atoms with Crippen LogP contribution in [-0.2, 0) is 4.79 Å². The summed E-state index contributed by atoms with van der Waals surface area (Å²) in [6.45, 7) is 4.82. The molecular formula is C20H22N4O2S. The van der Waals surface area contributed by atoms with Gasteiger partial charge in [-0.05, 0) is 30.2 Å². The quantitative estimate of drug-likeness (QED) is 0.352. The van der Waals surface area contributed by atoms with Crippen molar-refractivity contribution in [1.82, 2.24) is 15.4 Å². The molecule has 0 saturated carbocycles. The van der Waals surface area contributed by atoms with E-state index in [1.807, 2.05) is 48.5 Å². The lowest BCUT2D eigenvalue weighted by atomic mass is 10.2. The van der Waals surface area contributed by atoms with Crippen LogP contribution in [-0.4, -0.2) is 34.4 Å². The van der Waals surface area contributed by atoms with Gasteiger partial charge in [-0.2, -0.15) is 5.10 Å². The third-order valence-electron chi connectivity index (χ3n) is 3.59. The highest BCUT2D eigenvalue weighted by atomic mass is 32.2. The SMILES string of the molecule is CC(C)COc1ccccc1/C=N\NC(=O)CSc1nc2ccccc2[nH]1. The first-order valence-corrected chi connectivity index (χ1v) is 9.71. The number of H-pyrrole nitrogens is 1. The molecule has 0 aliphatic carbocycles. The molecule has 0 spiro atoms. The van der Waals surface area contributed by atoms with E-state index >= 15 is 0 Å². The lowest BCUT2D eigenvalue weighted by Crippen LogP contribution is -2.19. The van der Waals surface area contributed by atoms with Gasteiger partial charge in [-0.15, -0.1) is 0 Å². The van der Waals surface area contributed by atoms with Gasteiger partial charge in [0, 0.05) is 5.56 Å². The number of thioether (sulfide) groups is 1. The van der Waals surface area contributed by atoms with Crippen LogP contribution in [0.2, 0.25) is 0 Å². The van der Waals surface area contributed by atoms with Crippen molar-refractivity contribution < 1.29 is 9.53 Å². The first-order valence-electron chi connectivity index (χ1n) is 8.73. The van der Waals surface area contributed by atoms with E-state index in [4.69, 9.17) is 4.74 Å². The van der Waals surface area contributed by atoms with E-state index < -0.39 is 0 Å². The number of amides is 1. The molecule has 0 radical (unpaired) electrons. The maximum absolute atomic E-state index is 12.0. The van der Waals surface area contributed by atoms with Gasteiger partial charge < -0.3 is 9.72 Å². The zero-order valence-corrected chi connectivity index (χ0v) is 16.1. The number of nitrogens with zero attached hydrogens (tertiary/aromatic N) is 2. The molecule has 140 valence electrons. The van der Waals surface area contributed by atoms with Crippen molar-refractivity contribution in [2.75, 3.05) is 12.4 Å². The number of fused-ring (bicyclic) bond motifs is 1. The van der Waals surface area contributed by atoms with E-state index in [0.717, 1.165) is 22.3 Å². The van der Waals surface area contributed by atoms with Crippen molar-refractivity contribution in [1.29, 1.82) is 0 Å². The molecule has 3 aromatic rings. The van der Waals surface area contributed by atoms with Crippen molar-refractivity contribution >= 4 is 34.9 Å². The van der Waals surface area contributed by atoms with Gasteiger partial charge >= 0.3 is 0 Å². The van der Waals surface area contributed by atoms with Crippen LogP contribution in [0.1, 0.15) is 19.4 Å². The van der Waals surface area contributed by atoms with Crippen LogP contribution < -0.4 is 10.2 Å². The minimum atomic E-state index is -0.197. The average molecular weight is 382 g/mol. The van der Waals surface area contributed by atoms with E-state index in [1.165, 1.54) is 11.8 Å². The van der Waals surface area contributed by atoms with Crippen LogP contribution in [0.15, 0.2) is 58.8 Å². The number of carbonyl (C=O) groups is 1. The molecule has 0 fully saturated rings. The minimum absolute atomic E-state index is 0.197. The maximum Gasteiger partial charge on any atom is 0.250 e. The second-order valence-electron chi connectivity index (χ2n) is 6.38. The Hall–Kier alpha value is -2.80. The van der Waals surface area contributed by atoms with E-state index in [2.05, 4.69) is 34.3 Å². The second-order valence-corrected chi connectivity index (χ2v) is 7.35. The van der Waals surface area contributed by atoms with Crippen molar-refractivity contribution in [2.45, 2.75) is 19.0 Å². The number of hydrogen-bond donors (Lipinski definition) is 2. The molecule has 0 saturated heterocycles. The fourth-order valence-electron chi connectivity index (χ4n) is 2.31. The number of para-hydroxylation sites is 3. The Bertz CT molecular complexity index is 903. The molecule has 0 atom stereocenters. The van der Waals surface area contributed by atoms with Crippen LogP contribution in [0.25, 0.3) is 11.0 Å². The third kappa shape index (κ3) is 5.59. The standard InChI is InChI=1S/C20H22N4O2S/c1-14(2)12-26-18-10-6-3-7-15(18)11-21-24-19(25)13-27-20-22-16-8-4-5-9-17(16)23-20/h3-11,14H,12-13H2,1-2H3,(H,22,23)(H,24,25)/b21-11-. The number of imidazole rings is 1. The number of nitrogens with one attached hydrogen (secondary N) is 2. The molecule has 2 N–H and O–H groups in total. The lowest BCUT2D eigenvalue weighted by Gasteiger charge is -2.10.